The highest BCUT2D eigenvalue weighted by Crippen LogP contribution is 2.23. The third kappa shape index (κ3) is 6.52. The van der Waals surface area contributed by atoms with Gasteiger partial charge in [-0.3, -0.25) is 4.79 Å². The van der Waals surface area contributed by atoms with E-state index in [0.717, 1.165) is 64.0 Å². The second-order valence-corrected chi connectivity index (χ2v) is 9.44. The zero-order chi connectivity index (χ0) is 23.0. The Morgan fingerprint density at radius 1 is 0.970 bits per heavy atom. The lowest BCUT2D eigenvalue weighted by Gasteiger charge is -2.32. The normalized spacial score (nSPS) is 17.2. The van der Waals surface area contributed by atoms with Crippen LogP contribution in [0.15, 0.2) is 42.5 Å². The minimum absolute atomic E-state index is 0.278. The number of piperidine rings is 1. The number of nitrogens with zero attached hydrogens (tertiary/aromatic N) is 1. The van der Waals surface area contributed by atoms with Crippen LogP contribution in [0.1, 0.15) is 63.1 Å². The first-order valence-electron chi connectivity index (χ1n) is 12.4. The van der Waals surface area contributed by atoms with Crippen molar-refractivity contribution in [1.82, 2.24) is 10.2 Å². The fourth-order valence-corrected chi connectivity index (χ4v) is 5.10. The van der Waals surface area contributed by atoms with E-state index in [1.165, 1.54) is 36.6 Å². The van der Waals surface area contributed by atoms with Crippen molar-refractivity contribution in [1.29, 1.82) is 0 Å². The van der Waals surface area contributed by atoms with Crippen LogP contribution in [0.4, 0.5) is 0 Å². The van der Waals surface area contributed by atoms with Crippen LogP contribution in [-0.4, -0.2) is 56.5 Å². The number of hydrogen-bond donors (Lipinski definition) is 1. The molecule has 0 radical (unpaired) electrons. The number of benzene rings is 2. The summed E-state index contributed by atoms with van der Waals surface area (Å²) in [6.45, 7) is 5.23. The van der Waals surface area contributed by atoms with Gasteiger partial charge in [-0.2, -0.15) is 0 Å². The van der Waals surface area contributed by atoms with Gasteiger partial charge in [-0.05, 0) is 112 Å². The molecule has 0 aromatic heterocycles. The van der Waals surface area contributed by atoms with Crippen molar-refractivity contribution in [2.75, 3.05) is 39.8 Å². The maximum atomic E-state index is 12.7. The van der Waals surface area contributed by atoms with Crippen molar-refractivity contribution in [3.05, 3.63) is 70.3 Å². The summed E-state index contributed by atoms with van der Waals surface area (Å²) in [5, 5.41) is 3.43. The summed E-state index contributed by atoms with van der Waals surface area (Å²) in [7, 11) is 1.41. The van der Waals surface area contributed by atoms with Crippen LogP contribution in [0.3, 0.4) is 0 Å². The van der Waals surface area contributed by atoms with Crippen LogP contribution in [0.2, 0.25) is 0 Å². The molecule has 2 aliphatic heterocycles. The summed E-state index contributed by atoms with van der Waals surface area (Å²) in [5.74, 6) is 0.675. The van der Waals surface area contributed by atoms with Gasteiger partial charge in [0.05, 0.1) is 12.7 Å². The Bertz CT molecular complexity index is 946. The lowest BCUT2D eigenvalue weighted by molar-refractivity contribution is 0.0600. The summed E-state index contributed by atoms with van der Waals surface area (Å²) in [5.41, 5.74) is 5.50. The number of methoxy groups -OCH3 is 1. The van der Waals surface area contributed by atoms with Gasteiger partial charge in [0.2, 0.25) is 0 Å². The van der Waals surface area contributed by atoms with Crippen molar-refractivity contribution < 1.29 is 14.3 Å². The van der Waals surface area contributed by atoms with E-state index < -0.39 is 0 Å². The van der Waals surface area contributed by atoms with Gasteiger partial charge in [-0.15, -0.1) is 0 Å². The maximum absolute atomic E-state index is 12.7. The van der Waals surface area contributed by atoms with Crippen LogP contribution in [0.5, 0.6) is 0 Å². The molecule has 2 aliphatic rings. The Kier molecular flexibility index (Phi) is 8.30. The minimum Gasteiger partial charge on any atom is -0.465 e. The average molecular weight is 449 g/mol. The molecule has 2 heterocycles. The van der Waals surface area contributed by atoms with Crippen LogP contribution < -0.4 is 5.32 Å². The summed E-state index contributed by atoms with van der Waals surface area (Å²) in [6, 6.07) is 14.1. The number of carbonyl (C=O) groups excluding carboxylic acids is 2. The van der Waals surface area contributed by atoms with Gasteiger partial charge in [0, 0.05) is 12.0 Å². The number of esters is 1. The number of ether oxygens (including phenoxy) is 1. The lowest BCUT2D eigenvalue weighted by atomic mass is 9.90. The molecule has 0 amide bonds. The molecule has 0 unspecified atom stereocenters. The molecule has 176 valence electrons. The molecular weight excluding hydrogens is 412 g/mol. The summed E-state index contributed by atoms with van der Waals surface area (Å²) in [4.78, 5) is 26.8. The second kappa shape index (κ2) is 11.6. The van der Waals surface area contributed by atoms with Gasteiger partial charge >= 0.3 is 5.97 Å². The van der Waals surface area contributed by atoms with E-state index in [1.54, 1.807) is 0 Å². The number of carbonyl (C=O) groups is 2. The molecule has 2 aromatic carbocycles. The smallest absolute Gasteiger partial charge is 0.337 e. The third-order valence-electron chi connectivity index (χ3n) is 7.16. The molecule has 1 fully saturated rings. The number of rotatable bonds is 8. The standard InChI is InChI=1S/C28H36N2O3/c1-33-28(32)24-6-4-21(5-7-24)19-22-12-17-30(18-13-22)16-2-3-27(31)26-9-8-23-10-14-29-15-11-25(23)20-26/h4-9,20,22,29H,2-3,10-19H2,1H3. The van der Waals surface area contributed by atoms with Crippen LogP contribution in [0.25, 0.3) is 0 Å². The molecule has 0 spiro atoms. The Morgan fingerprint density at radius 2 is 1.67 bits per heavy atom. The number of nitrogens with one attached hydrogen (secondary N) is 1. The van der Waals surface area contributed by atoms with E-state index >= 15 is 0 Å². The Labute approximate surface area is 197 Å². The quantitative estimate of drug-likeness (QED) is 0.487. The third-order valence-corrected chi connectivity index (χ3v) is 7.16. The number of likely N-dealkylation sites (tertiary alicyclic amines) is 1. The molecule has 0 bridgehead atoms. The first-order chi connectivity index (χ1) is 16.1. The van der Waals surface area contributed by atoms with Crippen LogP contribution in [-0.2, 0) is 24.0 Å². The Balaban J connectivity index is 1.17. The largest absolute Gasteiger partial charge is 0.465 e. The van der Waals surface area contributed by atoms with Crippen molar-refractivity contribution in [3.8, 4) is 0 Å². The van der Waals surface area contributed by atoms with Crippen molar-refractivity contribution in [2.24, 2.45) is 5.92 Å². The fourth-order valence-electron chi connectivity index (χ4n) is 5.10. The molecule has 5 nitrogen and oxygen atoms in total. The predicted octanol–water partition coefficient (Wildman–Crippen LogP) is 4.08. The number of fused-ring (bicyclic) bond motifs is 1. The molecule has 0 saturated carbocycles. The number of ketones is 1. The zero-order valence-electron chi connectivity index (χ0n) is 19.8. The Morgan fingerprint density at radius 3 is 2.39 bits per heavy atom. The second-order valence-electron chi connectivity index (χ2n) is 9.44. The summed E-state index contributed by atoms with van der Waals surface area (Å²) >= 11 is 0. The van der Waals surface area contributed by atoms with Gasteiger partial charge in [0.15, 0.2) is 5.78 Å². The van der Waals surface area contributed by atoms with Crippen LogP contribution >= 0.6 is 0 Å². The molecule has 5 heteroatoms. The minimum atomic E-state index is -0.285. The van der Waals surface area contributed by atoms with Crippen molar-refractivity contribution >= 4 is 11.8 Å². The highest BCUT2D eigenvalue weighted by Gasteiger charge is 2.20. The highest BCUT2D eigenvalue weighted by atomic mass is 16.5. The topological polar surface area (TPSA) is 58.6 Å². The van der Waals surface area contributed by atoms with E-state index in [4.69, 9.17) is 4.74 Å². The number of hydrogen-bond acceptors (Lipinski definition) is 5. The monoisotopic (exact) mass is 448 g/mol. The maximum Gasteiger partial charge on any atom is 0.337 e. The molecule has 2 aromatic rings. The van der Waals surface area contributed by atoms with Crippen LogP contribution in [0, 0.1) is 5.92 Å². The van der Waals surface area contributed by atoms with Gasteiger partial charge in [-0.1, -0.05) is 24.3 Å². The molecule has 0 atom stereocenters. The van der Waals surface area contributed by atoms with Crippen molar-refractivity contribution in [3.63, 3.8) is 0 Å². The van der Waals surface area contributed by atoms with E-state index in [-0.39, 0.29) is 11.8 Å². The molecule has 1 N–H and O–H groups in total. The summed E-state index contributed by atoms with van der Waals surface area (Å²) in [6.07, 6.45) is 7.05. The molecule has 4 rings (SSSR count). The molecular formula is C28H36N2O3. The lowest BCUT2D eigenvalue weighted by Crippen LogP contribution is -2.35. The van der Waals surface area contributed by atoms with Gasteiger partial charge in [0.25, 0.3) is 0 Å². The highest BCUT2D eigenvalue weighted by molar-refractivity contribution is 5.96. The summed E-state index contributed by atoms with van der Waals surface area (Å²) < 4.78 is 4.77. The van der Waals surface area contributed by atoms with Gasteiger partial charge in [-0.25, -0.2) is 4.79 Å². The van der Waals surface area contributed by atoms with E-state index in [2.05, 4.69) is 22.3 Å². The first-order valence-corrected chi connectivity index (χ1v) is 12.4. The van der Waals surface area contributed by atoms with Crippen molar-refractivity contribution in [2.45, 2.75) is 44.9 Å². The molecule has 0 aliphatic carbocycles. The van der Waals surface area contributed by atoms with E-state index in [0.29, 0.717) is 17.9 Å². The van der Waals surface area contributed by atoms with Gasteiger partial charge < -0.3 is 15.0 Å². The number of Topliss-reactive ketones (excluding diaryl/α,β-unsaturated/α-hetero) is 1. The SMILES string of the molecule is COC(=O)c1ccc(CC2CCN(CCCC(=O)c3ccc4c(c3)CCNCC4)CC2)cc1. The average Bonchev–Trinajstić information content (AvgIpc) is 3.10. The van der Waals surface area contributed by atoms with E-state index in [1.807, 2.05) is 30.3 Å². The molecule has 1 saturated heterocycles. The predicted molar refractivity (Wildman–Crippen MR) is 131 cm³/mol. The fraction of sp³-hybridized carbons (Fsp3) is 0.500. The molecule has 33 heavy (non-hydrogen) atoms. The Hall–Kier alpha value is -2.50. The zero-order valence-corrected chi connectivity index (χ0v) is 19.8. The van der Waals surface area contributed by atoms with E-state index in [9.17, 15) is 9.59 Å². The van der Waals surface area contributed by atoms with Gasteiger partial charge in [0.1, 0.15) is 0 Å². The first kappa shape index (κ1) is 23.7.